The number of nitrogens with one attached hydrogen (secondary N) is 1. The average molecular weight is 223 g/mol. The van der Waals surface area contributed by atoms with E-state index in [2.05, 4.69) is 5.32 Å². The van der Waals surface area contributed by atoms with Gasteiger partial charge in [0.05, 0.1) is 12.2 Å². The molecule has 0 aromatic heterocycles. The van der Waals surface area contributed by atoms with Gasteiger partial charge >= 0.3 is 0 Å². The van der Waals surface area contributed by atoms with Crippen LogP contribution in [0.4, 0.5) is 5.69 Å². The first-order valence-electron chi connectivity index (χ1n) is 5.68. The Bertz CT molecular complexity index is 335. The minimum absolute atomic E-state index is 0.140. The first kappa shape index (κ1) is 12.7. The smallest absolute Gasteiger partial charge is 0.163 e. The highest BCUT2D eigenvalue weighted by molar-refractivity contribution is 5.54. The third kappa shape index (κ3) is 3.65. The molecule has 3 heteroatoms. The van der Waals surface area contributed by atoms with Gasteiger partial charge in [-0.25, -0.2) is 0 Å². The molecule has 0 aliphatic heterocycles. The van der Waals surface area contributed by atoms with E-state index in [-0.39, 0.29) is 12.2 Å². The number of benzene rings is 1. The van der Waals surface area contributed by atoms with Gasteiger partial charge in [0, 0.05) is 18.8 Å². The summed E-state index contributed by atoms with van der Waals surface area (Å²) in [4.78, 5) is 0. The molecule has 0 aliphatic carbocycles. The SMILES string of the molecule is CNc1ccc(OC(C)C)c(OC(C)C)c1. The van der Waals surface area contributed by atoms with E-state index >= 15 is 0 Å². The number of rotatable bonds is 5. The minimum Gasteiger partial charge on any atom is -0.487 e. The van der Waals surface area contributed by atoms with Crippen molar-refractivity contribution in [1.82, 2.24) is 0 Å². The summed E-state index contributed by atoms with van der Waals surface area (Å²) in [7, 11) is 1.89. The Morgan fingerprint density at radius 3 is 2.00 bits per heavy atom. The van der Waals surface area contributed by atoms with E-state index in [1.54, 1.807) is 0 Å². The molecule has 0 saturated heterocycles. The lowest BCUT2D eigenvalue weighted by Gasteiger charge is -2.17. The molecular formula is C13H21NO2. The molecule has 0 fully saturated rings. The molecule has 0 radical (unpaired) electrons. The van der Waals surface area contributed by atoms with Crippen LogP contribution in [0.5, 0.6) is 11.5 Å². The van der Waals surface area contributed by atoms with Crippen LogP contribution < -0.4 is 14.8 Å². The second kappa shape index (κ2) is 5.64. The lowest BCUT2D eigenvalue weighted by Crippen LogP contribution is -2.11. The van der Waals surface area contributed by atoms with Crippen molar-refractivity contribution in [1.29, 1.82) is 0 Å². The molecule has 1 N–H and O–H groups in total. The van der Waals surface area contributed by atoms with E-state index in [1.165, 1.54) is 0 Å². The average Bonchev–Trinajstić information content (AvgIpc) is 2.19. The summed E-state index contributed by atoms with van der Waals surface area (Å²) in [6.45, 7) is 8.02. The predicted octanol–water partition coefficient (Wildman–Crippen LogP) is 3.30. The molecular weight excluding hydrogens is 202 g/mol. The highest BCUT2D eigenvalue weighted by Gasteiger charge is 2.09. The second-order valence-corrected chi connectivity index (χ2v) is 4.24. The maximum absolute atomic E-state index is 5.72. The van der Waals surface area contributed by atoms with Crippen LogP contribution in [0.15, 0.2) is 18.2 Å². The molecule has 1 aromatic rings. The molecule has 0 unspecified atom stereocenters. The Hall–Kier alpha value is -1.38. The van der Waals surface area contributed by atoms with E-state index < -0.39 is 0 Å². The Kier molecular flexibility index (Phi) is 4.47. The van der Waals surface area contributed by atoms with Gasteiger partial charge in [-0.15, -0.1) is 0 Å². The van der Waals surface area contributed by atoms with Gasteiger partial charge in [-0.05, 0) is 39.8 Å². The van der Waals surface area contributed by atoms with Gasteiger partial charge in [0.1, 0.15) is 0 Å². The number of hydrogen-bond acceptors (Lipinski definition) is 3. The Morgan fingerprint density at radius 2 is 1.50 bits per heavy atom. The first-order valence-corrected chi connectivity index (χ1v) is 5.68. The van der Waals surface area contributed by atoms with Crippen LogP contribution in [0.25, 0.3) is 0 Å². The van der Waals surface area contributed by atoms with Gasteiger partial charge in [0.15, 0.2) is 11.5 Å². The van der Waals surface area contributed by atoms with Crippen LogP contribution in [0, 0.1) is 0 Å². The molecule has 0 atom stereocenters. The van der Waals surface area contributed by atoms with Crippen LogP contribution in [-0.2, 0) is 0 Å². The lowest BCUT2D eigenvalue weighted by atomic mass is 10.2. The first-order chi connectivity index (χ1) is 7.52. The quantitative estimate of drug-likeness (QED) is 0.830. The van der Waals surface area contributed by atoms with Crippen molar-refractivity contribution >= 4 is 5.69 Å². The second-order valence-electron chi connectivity index (χ2n) is 4.24. The minimum atomic E-state index is 0.140. The molecule has 0 spiro atoms. The van der Waals surface area contributed by atoms with Crippen LogP contribution in [0.3, 0.4) is 0 Å². The Balaban J connectivity index is 2.96. The summed E-state index contributed by atoms with van der Waals surface area (Å²) in [6.07, 6.45) is 0.288. The highest BCUT2D eigenvalue weighted by Crippen LogP contribution is 2.31. The van der Waals surface area contributed by atoms with Crippen LogP contribution in [0.2, 0.25) is 0 Å². The summed E-state index contributed by atoms with van der Waals surface area (Å²) in [6, 6.07) is 5.87. The predicted molar refractivity (Wildman–Crippen MR) is 67.5 cm³/mol. The van der Waals surface area contributed by atoms with Crippen LogP contribution in [0.1, 0.15) is 27.7 Å². The molecule has 0 aliphatic rings. The fourth-order valence-electron chi connectivity index (χ4n) is 1.36. The third-order valence-electron chi connectivity index (χ3n) is 1.96. The zero-order chi connectivity index (χ0) is 12.1. The molecule has 1 rings (SSSR count). The summed E-state index contributed by atoms with van der Waals surface area (Å²) in [5.74, 6) is 1.58. The summed E-state index contributed by atoms with van der Waals surface area (Å²) < 4.78 is 11.4. The van der Waals surface area contributed by atoms with Crippen molar-refractivity contribution in [2.75, 3.05) is 12.4 Å². The van der Waals surface area contributed by atoms with Crippen molar-refractivity contribution in [2.45, 2.75) is 39.9 Å². The van der Waals surface area contributed by atoms with E-state index in [0.717, 1.165) is 17.2 Å². The fraction of sp³-hybridized carbons (Fsp3) is 0.538. The zero-order valence-corrected chi connectivity index (χ0v) is 10.7. The monoisotopic (exact) mass is 223 g/mol. The van der Waals surface area contributed by atoms with Crippen molar-refractivity contribution in [2.24, 2.45) is 0 Å². The number of hydrogen-bond donors (Lipinski definition) is 1. The fourth-order valence-corrected chi connectivity index (χ4v) is 1.36. The van der Waals surface area contributed by atoms with Crippen molar-refractivity contribution < 1.29 is 9.47 Å². The van der Waals surface area contributed by atoms with E-state index in [1.807, 2.05) is 52.9 Å². The third-order valence-corrected chi connectivity index (χ3v) is 1.96. The molecule has 0 heterocycles. The topological polar surface area (TPSA) is 30.5 Å². The van der Waals surface area contributed by atoms with E-state index in [9.17, 15) is 0 Å². The highest BCUT2D eigenvalue weighted by atomic mass is 16.5. The lowest BCUT2D eigenvalue weighted by molar-refractivity contribution is 0.199. The van der Waals surface area contributed by atoms with Gasteiger partial charge in [-0.1, -0.05) is 0 Å². The van der Waals surface area contributed by atoms with Crippen molar-refractivity contribution in [3.63, 3.8) is 0 Å². The molecule has 0 bridgehead atoms. The van der Waals surface area contributed by atoms with Crippen LogP contribution >= 0.6 is 0 Å². The van der Waals surface area contributed by atoms with Gasteiger partial charge in [0.2, 0.25) is 0 Å². The molecule has 0 amide bonds. The van der Waals surface area contributed by atoms with E-state index in [4.69, 9.17) is 9.47 Å². The zero-order valence-electron chi connectivity index (χ0n) is 10.7. The van der Waals surface area contributed by atoms with E-state index in [0.29, 0.717) is 0 Å². The normalized spacial score (nSPS) is 10.7. The summed E-state index contributed by atoms with van der Waals surface area (Å²) in [5, 5.41) is 3.09. The number of anilines is 1. The molecule has 0 saturated carbocycles. The van der Waals surface area contributed by atoms with Gasteiger partial charge < -0.3 is 14.8 Å². The molecule has 90 valence electrons. The van der Waals surface area contributed by atoms with Gasteiger partial charge in [0.25, 0.3) is 0 Å². The Morgan fingerprint density at radius 1 is 0.938 bits per heavy atom. The maximum Gasteiger partial charge on any atom is 0.163 e. The van der Waals surface area contributed by atoms with Crippen molar-refractivity contribution in [3.8, 4) is 11.5 Å². The molecule has 3 nitrogen and oxygen atoms in total. The Labute approximate surface area is 97.8 Å². The summed E-state index contributed by atoms with van der Waals surface area (Å²) in [5.41, 5.74) is 1.02. The van der Waals surface area contributed by atoms with Gasteiger partial charge in [-0.2, -0.15) is 0 Å². The maximum atomic E-state index is 5.72. The van der Waals surface area contributed by atoms with Gasteiger partial charge in [-0.3, -0.25) is 0 Å². The standard InChI is InChI=1S/C13H21NO2/c1-9(2)15-12-7-6-11(14-5)8-13(12)16-10(3)4/h6-10,14H,1-5H3. The van der Waals surface area contributed by atoms with Crippen LogP contribution in [-0.4, -0.2) is 19.3 Å². The molecule has 16 heavy (non-hydrogen) atoms. The summed E-state index contributed by atoms with van der Waals surface area (Å²) >= 11 is 0. The largest absolute Gasteiger partial charge is 0.487 e. The number of ether oxygens (including phenoxy) is 2. The molecule has 1 aromatic carbocycles. The van der Waals surface area contributed by atoms with Crippen molar-refractivity contribution in [3.05, 3.63) is 18.2 Å².